The van der Waals surface area contributed by atoms with Gasteiger partial charge in [-0.15, -0.1) is 0 Å². The highest BCUT2D eigenvalue weighted by molar-refractivity contribution is 5.87. The van der Waals surface area contributed by atoms with Crippen molar-refractivity contribution in [2.45, 2.75) is 97.9 Å². The van der Waals surface area contributed by atoms with Gasteiger partial charge in [0.05, 0.1) is 45.7 Å². The lowest BCUT2D eigenvalue weighted by atomic mass is 9.78. The third-order valence-corrected chi connectivity index (χ3v) is 7.36. The summed E-state index contributed by atoms with van der Waals surface area (Å²) < 4.78 is 16.7. The second kappa shape index (κ2) is 18.9. The summed E-state index contributed by atoms with van der Waals surface area (Å²) in [4.78, 5) is 27.3. The van der Waals surface area contributed by atoms with E-state index >= 15 is 0 Å². The quantitative estimate of drug-likeness (QED) is 0.180. The van der Waals surface area contributed by atoms with Gasteiger partial charge in [-0.1, -0.05) is 39.7 Å². The van der Waals surface area contributed by atoms with E-state index in [1.54, 1.807) is 0 Å². The predicted molar refractivity (Wildman–Crippen MR) is 149 cm³/mol. The smallest absolute Gasteiger partial charge is 0.153 e. The van der Waals surface area contributed by atoms with Crippen molar-refractivity contribution in [3.05, 3.63) is 11.3 Å². The molecule has 7 nitrogen and oxygen atoms in total. The Bertz CT molecular complexity index is 677. The Hall–Kier alpha value is -1.28. The van der Waals surface area contributed by atoms with Crippen molar-refractivity contribution < 1.29 is 23.8 Å². The van der Waals surface area contributed by atoms with Gasteiger partial charge in [-0.05, 0) is 64.5 Å². The molecule has 0 radical (unpaired) electrons. The lowest BCUT2D eigenvalue weighted by molar-refractivity contribution is -0.131. The van der Waals surface area contributed by atoms with Crippen LogP contribution in [0.1, 0.15) is 91.9 Å². The summed E-state index contributed by atoms with van der Waals surface area (Å²) in [5.74, 6) is 1.09. The van der Waals surface area contributed by atoms with Gasteiger partial charge in [0.15, 0.2) is 5.78 Å². The molecule has 0 saturated heterocycles. The summed E-state index contributed by atoms with van der Waals surface area (Å²) in [5.41, 5.74) is 2.86. The third kappa shape index (κ3) is 12.9. The number of carbonyl (C=O) groups is 2. The fourth-order valence-electron chi connectivity index (χ4n) is 4.78. The minimum atomic E-state index is 0.0643. The fourth-order valence-corrected chi connectivity index (χ4v) is 4.78. The van der Waals surface area contributed by atoms with Crippen LogP contribution in [0, 0.1) is 11.8 Å². The number of rotatable bonds is 24. The van der Waals surface area contributed by atoms with Crippen LogP contribution in [0.3, 0.4) is 0 Å². The van der Waals surface area contributed by atoms with Crippen LogP contribution in [0.25, 0.3) is 0 Å². The van der Waals surface area contributed by atoms with Gasteiger partial charge in [-0.3, -0.25) is 14.5 Å². The maximum absolute atomic E-state index is 13.3. The van der Waals surface area contributed by atoms with Crippen LogP contribution in [0.15, 0.2) is 11.3 Å². The largest absolute Gasteiger partial charge is 0.386 e. The van der Waals surface area contributed by atoms with E-state index in [1.165, 1.54) is 30.5 Å². The van der Waals surface area contributed by atoms with E-state index < -0.39 is 0 Å². The molecule has 1 N–H and O–H groups in total. The number of hydrogen-bond donors (Lipinski definition) is 1. The van der Waals surface area contributed by atoms with Crippen LogP contribution >= 0.6 is 0 Å². The van der Waals surface area contributed by atoms with Crippen molar-refractivity contribution >= 4 is 11.6 Å². The zero-order valence-corrected chi connectivity index (χ0v) is 24.2. The molecule has 2 saturated carbocycles. The normalized spacial score (nSPS) is 16.2. The van der Waals surface area contributed by atoms with Crippen molar-refractivity contribution in [2.75, 3.05) is 59.3 Å². The highest BCUT2D eigenvalue weighted by Crippen LogP contribution is 2.34. The third-order valence-electron chi connectivity index (χ3n) is 7.36. The molecular formula is C30H54N2O5. The first-order valence-corrected chi connectivity index (χ1v) is 15.0. The minimum absolute atomic E-state index is 0.0643. The van der Waals surface area contributed by atoms with Gasteiger partial charge in [0.2, 0.25) is 0 Å². The molecule has 1 atom stereocenters. The second-order valence-corrected chi connectivity index (χ2v) is 10.8. The first-order valence-electron chi connectivity index (χ1n) is 15.0. The molecule has 0 aromatic carbocycles. The molecule has 37 heavy (non-hydrogen) atoms. The number of ketones is 2. The van der Waals surface area contributed by atoms with Crippen molar-refractivity contribution in [1.82, 2.24) is 10.2 Å². The Morgan fingerprint density at radius 3 is 2.00 bits per heavy atom. The Morgan fingerprint density at radius 2 is 1.49 bits per heavy atom. The van der Waals surface area contributed by atoms with Gasteiger partial charge < -0.3 is 19.5 Å². The molecular weight excluding hydrogens is 468 g/mol. The average Bonchev–Trinajstić information content (AvgIpc) is 3.67. The van der Waals surface area contributed by atoms with Crippen molar-refractivity contribution in [2.24, 2.45) is 11.8 Å². The van der Waals surface area contributed by atoms with Crippen molar-refractivity contribution in [1.29, 1.82) is 0 Å². The molecule has 2 rings (SSSR count). The number of nitrogens with zero attached hydrogens (tertiary/aromatic N) is 1. The maximum atomic E-state index is 13.3. The molecule has 0 bridgehead atoms. The molecule has 214 valence electrons. The van der Waals surface area contributed by atoms with E-state index in [0.717, 1.165) is 58.2 Å². The topological polar surface area (TPSA) is 77.1 Å². The molecule has 7 heteroatoms. The zero-order chi connectivity index (χ0) is 26.9. The summed E-state index contributed by atoms with van der Waals surface area (Å²) in [6, 6.07) is 0.0643. The van der Waals surface area contributed by atoms with Crippen LogP contribution < -0.4 is 5.32 Å². The fraction of sp³-hybridized carbons (Fsp3) is 0.867. The lowest BCUT2D eigenvalue weighted by Crippen LogP contribution is -2.46. The standard InChI is InChI=1S/C30H54N2O5/c1-5-16-32(17-6-2)28(30(34)26-8-7-9-26)13-12-27(25-10-11-25)31-15-19-36-21-23-37-22-20-35-18-14-29(33)24(3)4/h24,26,28,31H,5-23H2,1-4H3. The first-order chi connectivity index (χ1) is 18.0. The Labute approximate surface area is 226 Å². The molecule has 0 spiro atoms. The number of Topliss-reactive ketones (excluding diaryl/α,β-unsaturated/α-hetero) is 2. The molecule has 0 heterocycles. The van der Waals surface area contributed by atoms with Crippen molar-refractivity contribution in [3.63, 3.8) is 0 Å². The molecule has 0 aliphatic heterocycles. The highest BCUT2D eigenvalue weighted by Gasteiger charge is 2.34. The van der Waals surface area contributed by atoms with E-state index in [1.807, 2.05) is 13.8 Å². The van der Waals surface area contributed by atoms with E-state index in [4.69, 9.17) is 14.2 Å². The SMILES string of the molecule is CCCN(CCC)C(CCC(NCCOCCOCCOCCC(=O)C(C)C)=C1CC1)C(=O)C1CCC1. The molecule has 1 unspecified atom stereocenters. The molecule has 0 amide bonds. The van der Waals surface area contributed by atoms with Gasteiger partial charge >= 0.3 is 0 Å². The first kappa shape index (κ1) is 31.9. The van der Waals surface area contributed by atoms with Crippen LogP contribution in [-0.2, 0) is 23.8 Å². The molecule has 2 fully saturated rings. The monoisotopic (exact) mass is 522 g/mol. The van der Waals surface area contributed by atoms with E-state index in [0.29, 0.717) is 57.8 Å². The number of ether oxygens (including phenoxy) is 3. The van der Waals surface area contributed by atoms with E-state index in [2.05, 4.69) is 24.1 Å². The van der Waals surface area contributed by atoms with Crippen LogP contribution in [0.2, 0.25) is 0 Å². The van der Waals surface area contributed by atoms with Gasteiger partial charge in [0, 0.05) is 30.5 Å². The summed E-state index contributed by atoms with van der Waals surface area (Å²) in [5, 5.41) is 3.61. The zero-order valence-electron chi connectivity index (χ0n) is 24.2. The van der Waals surface area contributed by atoms with Gasteiger partial charge in [-0.25, -0.2) is 0 Å². The summed E-state index contributed by atoms with van der Waals surface area (Å²) >= 11 is 0. The minimum Gasteiger partial charge on any atom is -0.386 e. The summed E-state index contributed by atoms with van der Waals surface area (Å²) in [6.07, 6.45) is 10.3. The Morgan fingerprint density at radius 1 is 0.892 bits per heavy atom. The molecule has 0 aromatic heterocycles. The summed E-state index contributed by atoms with van der Waals surface area (Å²) in [6.45, 7) is 14.3. The lowest BCUT2D eigenvalue weighted by Gasteiger charge is -2.35. The predicted octanol–water partition coefficient (Wildman–Crippen LogP) is 4.93. The molecule has 0 aromatic rings. The Kier molecular flexibility index (Phi) is 16.3. The number of nitrogens with one attached hydrogen (secondary N) is 1. The second-order valence-electron chi connectivity index (χ2n) is 10.8. The van der Waals surface area contributed by atoms with E-state index in [9.17, 15) is 9.59 Å². The number of carbonyl (C=O) groups excluding carboxylic acids is 2. The Balaban J connectivity index is 1.61. The van der Waals surface area contributed by atoms with Gasteiger partial charge in [-0.2, -0.15) is 0 Å². The number of allylic oxidation sites excluding steroid dienone is 2. The highest BCUT2D eigenvalue weighted by atomic mass is 16.5. The van der Waals surface area contributed by atoms with Crippen LogP contribution in [0.4, 0.5) is 0 Å². The summed E-state index contributed by atoms with van der Waals surface area (Å²) in [7, 11) is 0. The molecule has 2 aliphatic rings. The van der Waals surface area contributed by atoms with Crippen LogP contribution in [0.5, 0.6) is 0 Å². The van der Waals surface area contributed by atoms with Crippen molar-refractivity contribution in [3.8, 4) is 0 Å². The maximum Gasteiger partial charge on any atom is 0.153 e. The van der Waals surface area contributed by atoms with E-state index in [-0.39, 0.29) is 17.7 Å². The van der Waals surface area contributed by atoms with Gasteiger partial charge in [0.1, 0.15) is 5.78 Å². The average molecular weight is 523 g/mol. The van der Waals surface area contributed by atoms with Crippen LogP contribution in [-0.4, -0.2) is 81.8 Å². The van der Waals surface area contributed by atoms with Gasteiger partial charge in [0.25, 0.3) is 0 Å². The number of hydrogen-bond acceptors (Lipinski definition) is 7. The molecule has 2 aliphatic carbocycles.